The number of rotatable bonds is 0. The van der Waals surface area contributed by atoms with E-state index in [2.05, 4.69) is 0 Å². The van der Waals surface area contributed by atoms with Gasteiger partial charge in [-0.3, -0.25) is 0 Å². The molecule has 0 unspecified atom stereocenters. The van der Waals surface area contributed by atoms with E-state index >= 15 is 0 Å². The van der Waals surface area contributed by atoms with Gasteiger partial charge in [0, 0.05) is 6.07 Å². The van der Waals surface area contributed by atoms with E-state index in [9.17, 15) is 40.2 Å². The topological polar surface area (TPSA) is 137 Å². The Morgan fingerprint density at radius 3 is 1.00 bits per heavy atom. The number of hydrogen-bond donors (Lipinski definition) is 0. The van der Waals surface area contributed by atoms with Crippen LogP contribution in [0.5, 0.6) is 5.75 Å². The van der Waals surface area contributed by atoms with Gasteiger partial charge in [-0.25, -0.2) is 25.6 Å². The van der Waals surface area contributed by atoms with E-state index in [0.717, 1.165) is 12.1 Å². The van der Waals surface area contributed by atoms with Crippen molar-refractivity contribution in [3.8, 4) is 5.75 Å². The summed E-state index contributed by atoms with van der Waals surface area (Å²) in [4.78, 5) is 0. The third-order valence-corrected chi connectivity index (χ3v) is 2.54. The molecule has 0 saturated heterocycles. The van der Waals surface area contributed by atoms with Gasteiger partial charge in [0.1, 0.15) is 11.6 Å². The van der Waals surface area contributed by atoms with E-state index in [-0.39, 0.29) is 17.4 Å². The molecule has 0 aromatic heterocycles. The Hall–Kier alpha value is -1.19. The van der Waals surface area contributed by atoms with Crippen LogP contribution < -0.4 is 5.11 Å². The van der Waals surface area contributed by atoms with Crippen molar-refractivity contribution < 1.29 is 66.2 Å². The van der Waals surface area contributed by atoms with Crippen molar-refractivity contribution >= 4 is 37.6 Å². The van der Waals surface area contributed by atoms with E-state index in [0.29, 0.717) is 6.07 Å². The molecular formula is C8H3AlF8O7S2. The van der Waals surface area contributed by atoms with Crippen molar-refractivity contribution in [2.45, 2.75) is 11.0 Å². The Labute approximate surface area is 150 Å². The van der Waals surface area contributed by atoms with Crippen molar-refractivity contribution in [3.05, 3.63) is 29.8 Å². The average Bonchev–Trinajstić information content (AvgIpc) is 2.21. The van der Waals surface area contributed by atoms with Crippen LogP contribution in [-0.4, -0.2) is 54.3 Å². The molecule has 0 aliphatic rings. The smallest absolute Gasteiger partial charge is 0.872 e. The maximum Gasteiger partial charge on any atom is 3.00 e. The molecule has 0 spiro atoms. The summed E-state index contributed by atoms with van der Waals surface area (Å²) in [7, 11) is -12.2. The second-order valence-electron chi connectivity index (χ2n) is 3.40. The second kappa shape index (κ2) is 10.2. The van der Waals surface area contributed by atoms with Gasteiger partial charge in [0.25, 0.3) is 0 Å². The molecule has 0 N–H and O–H groups in total. The van der Waals surface area contributed by atoms with Crippen LogP contribution in [0, 0.1) is 11.6 Å². The van der Waals surface area contributed by atoms with Gasteiger partial charge in [-0.2, -0.15) is 26.3 Å². The van der Waals surface area contributed by atoms with Crippen LogP contribution in [0.2, 0.25) is 0 Å². The standard InChI is InChI=1S/C6H4F2O.2CHF3O3S.Al/c7-4-1-5(8)3-6(9)2-4;2*2-1(3,4)8(5,6)7;/h1-3,9H;2*(H,5,6,7);/q;;;+3/p-3. The second-order valence-corrected chi connectivity index (χ2v) is 6.15. The van der Waals surface area contributed by atoms with E-state index in [1.54, 1.807) is 0 Å². The molecular weight excluding hydrogens is 451 g/mol. The van der Waals surface area contributed by atoms with E-state index in [4.69, 9.17) is 25.9 Å². The number of hydrogen-bond acceptors (Lipinski definition) is 7. The molecule has 18 heteroatoms. The summed E-state index contributed by atoms with van der Waals surface area (Å²) in [5.74, 6) is -2.31. The molecule has 7 nitrogen and oxygen atoms in total. The summed E-state index contributed by atoms with van der Waals surface area (Å²) in [6.07, 6.45) is 0. The zero-order chi connectivity index (χ0) is 20.9. The van der Waals surface area contributed by atoms with Crippen LogP contribution in [0.3, 0.4) is 0 Å². The molecule has 0 aliphatic heterocycles. The van der Waals surface area contributed by atoms with E-state index in [1.165, 1.54) is 0 Å². The maximum atomic E-state index is 12.0. The monoisotopic (exact) mass is 454 g/mol. The normalized spacial score (nSPS) is 11.9. The van der Waals surface area contributed by atoms with Gasteiger partial charge in [-0.1, -0.05) is 0 Å². The predicted octanol–water partition coefficient (Wildman–Crippen LogP) is 0.760. The molecule has 0 bridgehead atoms. The fourth-order valence-electron chi connectivity index (χ4n) is 0.529. The van der Waals surface area contributed by atoms with Gasteiger partial charge < -0.3 is 14.2 Å². The number of alkyl halides is 6. The Morgan fingerprint density at radius 1 is 0.692 bits per heavy atom. The molecule has 1 rings (SSSR count). The summed E-state index contributed by atoms with van der Waals surface area (Å²) >= 11 is 0. The van der Waals surface area contributed by atoms with Gasteiger partial charge in [0.2, 0.25) is 0 Å². The van der Waals surface area contributed by atoms with E-state index in [1.807, 2.05) is 0 Å². The maximum absolute atomic E-state index is 12.0. The summed E-state index contributed by atoms with van der Waals surface area (Å²) in [6, 6.07) is 2.10. The number of halogens is 8. The average molecular weight is 454 g/mol. The molecule has 0 radical (unpaired) electrons. The van der Waals surface area contributed by atoms with Gasteiger partial charge >= 0.3 is 28.4 Å². The van der Waals surface area contributed by atoms with Crippen molar-refractivity contribution in [3.63, 3.8) is 0 Å². The van der Waals surface area contributed by atoms with Crippen LogP contribution in [0.4, 0.5) is 35.1 Å². The molecule has 1 aromatic carbocycles. The summed E-state index contributed by atoms with van der Waals surface area (Å²) in [5.41, 5.74) is -11.3. The van der Waals surface area contributed by atoms with Crippen molar-refractivity contribution in [1.29, 1.82) is 0 Å². The van der Waals surface area contributed by atoms with Gasteiger partial charge in [0.15, 0.2) is 20.2 Å². The van der Waals surface area contributed by atoms with E-state index < -0.39 is 48.6 Å². The fourth-order valence-corrected chi connectivity index (χ4v) is 0.529. The van der Waals surface area contributed by atoms with Gasteiger partial charge in [-0.05, 0) is 12.1 Å². The Bertz CT molecular complexity index is 680. The van der Waals surface area contributed by atoms with Crippen LogP contribution in [-0.2, 0) is 20.2 Å². The molecule has 1 aromatic rings. The van der Waals surface area contributed by atoms with Crippen LogP contribution in [0.1, 0.15) is 0 Å². The minimum atomic E-state index is -6.09. The van der Waals surface area contributed by atoms with Crippen molar-refractivity contribution in [1.82, 2.24) is 0 Å². The third kappa shape index (κ3) is 13.1. The largest absolute Gasteiger partial charge is 3.00 e. The third-order valence-electron chi connectivity index (χ3n) is 1.40. The Kier molecular flexibility index (Phi) is 11.6. The van der Waals surface area contributed by atoms with Crippen LogP contribution in [0.25, 0.3) is 0 Å². The SMILES string of the molecule is O=S(=O)([O-])C(F)(F)F.O=S(=O)([O-])C(F)(F)F.[Al+3].[O-]c1cc(F)cc(F)c1. The number of benzene rings is 1. The molecule has 0 amide bonds. The zero-order valence-electron chi connectivity index (χ0n) is 11.5. The van der Waals surface area contributed by atoms with Gasteiger partial charge in [-0.15, -0.1) is 5.75 Å². The Balaban J connectivity index is -0.000000301. The zero-order valence-corrected chi connectivity index (χ0v) is 14.3. The van der Waals surface area contributed by atoms with Crippen LogP contribution in [0.15, 0.2) is 18.2 Å². The molecule has 0 heterocycles. The summed E-state index contributed by atoms with van der Waals surface area (Å²) in [5, 5.41) is 10.2. The first kappa shape index (κ1) is 29.6. The first-order valence-electron chi connectivity index (χ1n) is 4.86. The minimum absolute atomic E-state index is 0. The fraction of sp³-hybridized carbons (Fsp3) is 0.250. The van der Waals surface area contributed by atoms with Crippen molar-refractivity contribution in [2.75, 3.05) is 0 Å². The molecule has 0 saturated carbocycles. The first-order chi connectivity index (χ1) is 10.7. The quantitative estimate of drug-likeness (QED) is 0.244. The van der Waals surface area contributed by atoms with Gasteiger partial charge in [0.05, 0.1) is 0 Å². The summed E-state index contributed by atoms with van der Waals surface area (Å²) in [6.45, 7) is 0. The molecule has 26 heavy (non-hydrogen) atoms. The predicted molar refractivity (Wildman–Crippen MR) is 63.1 cm³/mol. The molecule has 148 valence electrons. The minimum Gasteiger partial charge on any atom is -0.872 e. The molecule has 0 atom stereocenters. The first-order valence-corrected chi connectivity index (χ1v) is 7.67. The summed E-state index contributed by atoms with van der Waals surface area (Å²) < 4.78 is 142. The Morgan fingerprint density at radius 2 is 0.885 bits per heavy atom. The van der Waals surface area contributed by atoms with Crippen molar-refractivity contribution in [2.24, 2.45) is 0 Å². The molecule has 0 fully saturated rings. The molecule has 0 aliphatic carbocycles. The van der Waals surface area contributed by atoms with Crippen LogP contribution >= 0.6 is 0 Å².